The lowest BCUT2D eigenvalue weighted by Gasteiger charge is -2.01. The van der Waals surface area contributed by atoms with E-state index in [0.717, 1.165) is 22.8 Å². The van der Waals surface area contributed by atoms with E-state index in [1.807, 2.05) is 26.0 Å². The number of rotatable bonds is 4. The highest BCUT2D eigenvalue weighted by Gasteiger charge is 2.16. The fraction of sp³-hybridized carbons (Fsp3) is 0.211. The minimum atomic E-state index is -3.30. The molecule has 0 spiro atoms. The Hall–Kier alpha value is -2.78. The standard InChI is InChI=1S/C19H17N3O4S2/c1-10-6-13-15(22-26-16(13)7-11(10)2)9-18(23)21-19-20-14-5-4-12(28(3,24)25)8-17(14)27-19/h4-8H,9H2,1-3H3,(H,20,21,23). The summed E-state index contributed by atoms with van der Waals surface area (Å²) in [6.07, 6.45) is 1.21. The molecule has 0 saturated heterocycles. The van der Waals surface area contributed by atoms with Gasteiger partial charge in [0.1, 0.15) is 5.69 Å². The summed E-state index contributed by atoms with van der Waals surface area (Å²) in [4.78, 5) is 17.0. The molecule has 0 atom stereocenters. The van der Waals surface area contributed by atoms with Gasteiger partial charge < -0.3 is 9.84 Å². The molecule has 0 bridgehead atoms. The van der Waals surface area contributed by atoms with E-state index in [9.17, 15) is 13.2 Å². The Morgan fingerprint density at radius 1 is 1.18 bits per heavy atom. The van der Waals surface area contributed by atoms with Gasteiger partial charge in [0.15, 0.2) is 20.6 Å². The lowest BCUT2D eigenvalue weighted by atomic mass is 10.1. The van der Waals surface area contributed by atoms with Gasteiger partial charge >= 0.3 is 0 Å². The summed E-state index contributed by atoms with van der Waals surface area (Å²) in [7, 11) is -3.30. The van der Waals surface area contributed by atoms with Crippen LogP contribution in [-0.2, 0) is 21.1 Å². The molecule has 1 amide bonds. The van der Waals surface area contributed by atoms with Crippen LogP contribution in [0.4, 0.5) is 5.13 Å². The van der Waals surface area contributed by atoms with Crippen LogP contribution in [0.15, 0.2) is 39.8 Å². The number of aryl methyl sites for hydroxylation is 2. The molecule has 0 aliphatic carbocycles. The van der Waals surface area contributed by atoms with Crippen molar-refractivity contribution in [2.75, 3.05) is 11.6 Å². The predicted octanol–water partition coefficient (Wildman–Crippen LogP) is 3.64. The van der Waals surface area contributed by atoms with E-state index in [0.29, 0.717) is 26.6 Å². The fourth-order valence-corrected chi connectivity index (χ4v) is 4.52. The van der Waals surface area contributed by atoms with Gasteiger partial charge in [0.05, 0.1) is 21.5 Å². The van der Waals surface area contributed by atoms with E-state index in [1.165, 1.54) is 17.4 Å². The maximum atomic E-state index is 12.5. The lowest BCUT2D eigenvalue weighted by Crippen LogP contribution is -2.14. The molecule has 9 heteroatoms. The number of sulfone groups is 1. The number of anilines is 1. The molecular weight excluding hydrogens is 398 g/mol. The second kappa shape index (κ2) is 6.68. The van der Waals surface area contributed by atoms with E-state index < -0.39 is 9.84 Å². The Kier molecular flexibility index (Phi) is 4.43. The summed E-state index contributed by atoms with van der Waals surface area (Å²) in [5.74, 6) is -0.268. The molecule has 0 unspecified atom stereocenters. The van der Waals surface area contributed by atoms with Crippen molar-refractivity contribution in [3.8, 4) is 0 Å². The summed E-state index contributed by atoms with van der Waals surface area (Å²) in [6.45, 7) is 3.99. The molecule has 2 aromatic heterocycles. The molecule has 0 fully saturated rings. The average molecular weight is 415 g/mol. The van der Waals surface area contributed by atoms with Crippen LogP contribution in [0, 0.1) is 13.8 Å². The largest absolute Gasteiger partial charge is 0.356 e. The van der Waals surface area contributed by atoms with Crippen molar-refractivity contribution in [3.05, 3.63) is 47.2 Å². The van der Waals surface area contributed by atoms with Gasteiger partial charge in [-0.05, 0) is 55.3 Å². The summed E-state index contributed by atoms with van der Waals surface area (Å²) < 4.78 is 29.4. The van der Waals surface area contributed by atoms with Gasteiger partial charge in [-0.25, -0.2) is 13.4 Å². The minimum absolute atomic E-state index is 0.0556. The first kappa shape index (κ1) is 18.6. The lowest BCUT2D eigenvalue weighted by molar-refractivity contribution is -0.115. The third kappa shape index (κ3) is 3.50. The zero-order valence-electron chi connectivity index (χ0n) is 15.4. The highest BCUT2D eigenvalue weighted by atomic mass is 32.2. The molecule has 4 rings (SSSR count). The van der Waals surface area contributed by atoms with Gasteiger partial charge in [-0.1, -0.05) is 16.5 Å². The van der Waals surface area contributed by atoms with Crippen molar-refractivity contribution in [3.63, 3.8) is 0 Å². The first-order valence-corrected chi connectivity index (χ1v) is 11.2. The summed E-state index contributed by atoms with van der Waals surface area (Å²) in [5, 5.41) is 8.00. The van der Waals surface area contributed by atoms with Crippen LogP contribution >= 0.6 is 11.3 Å². The van der Waals surface area contributed by atoms with Crippen LogP contribution in [0.3, 0.4) is 0 Å². The van der Waals surface area contributed by atoms with Crippen molar-refractivity contribution in [1.29, 1.82) is 0 Å². The van der Waals surface area contributed by atoms with Crippen molar-refractivity contribution in [2.24, 2.45) is 0 Å². The van der Waals surface area contributed by atoms with Gasteiger partial charge in [-0.2, -0.15) is 0 Å². The zero-order chi connectivity index (χ0) is 20.1. The molecule has 2 aromatic carbocycles. The smallest absolute Gasteiger partial charge is 0.232 e. The van der Waals surface area contributed by atoms with Crippen LogP contribution in [0.25, 0.3) is 21.2 Å². The zero-order valence-corrected chi connectivity index (χ0v) is 17.1. The molecule has 0 radical (unpaired) electrons. The third-order valence-corrected chi connectivity index (χ3v) is 6.57. The number of nitrogens with one attached hydrogen (secondary N) is 1. The van der Waals surface area contributed by atoms with Gasteiger partial charge in [-0.3, -0.25) is 4.79 Å². The van der Waals surface area contributed by atoms with Crippen molar-refractivity contribution >= 4 is 53.4 Å². The van der Waals surface area contributed by atoms with Gasteiger partial charge in [0, 0.05) is 11.6 Å². The Labute approximate surface area is 165 Å². The predicted molar refractivity (Wildman–Crippen MR) is 109 cm³/mol. The van der Waals surface area contributed by atoms with Gasteiger partial charge in [-0.15, -0.1) is 0 Å². The van der Waals surface area contributed by atoms with E-state index in [-0.39, 0.29) is 17.2 Å². The molecule has 2 heterocycles. The second-order valence-electron chi connectivity index (χ2n) is 6.71. The second-order valence-corrected chi connectivity index (χ2v) is 9.75. The maximum Gasteiger partial charge on any atom is 0.232 e. The topological polar surface area (TPSA) is 102 Å². The minimum Gasteiger partial charge on any atom is -0.356 e. The number of hydrogen-bond acceptors (Lipinski definition) is 7. The fourth-order valence-electron chi connectivity index (χ4n) is 2.88. The number of fused-ring (bicyclic) bond motifs is 2. The SMILES string of the molecule is Cc1cc2onc(CC(=O)Nc3nc4ccc(S(C)(=O)=O)cc4s3)c2cc1C. The molecule has 0 aliphatic rings. The van der Waals surface area contributed by atoms with E-state index in [4.69, 9.17) is 4.52 Å². The molecule has 1 N–H and O–H groups in total. The number of benzene rings is 2. The van der Waals surface area contributed by atoms with Crippen molar-refractivity contribution in [2.45, 2.75) is 25.2 Å². The monoisotopic (exact) mass is 415 g/mol. The molecule has 0 aliphatic heterocycles. The van der Waals surface area contributed by atoms with Crippen LogP contribution in [0.1, 0.15) is 16.8 Å². The van der Waals surface area contributed by atoms with Crippen LogP contribution in [0.5, 0.6) is 0 Å². The first-order chi connectivity index (χ1) is 13.2. The Balaban J connectivity index is 1.56. The number of aromatic nitrogens is 2. The Morgan fingerprint density at radius 3 is 2.68 bits per heavy atom. The molecular formula is C19H17N3O4S2. The van der Waals surface area contributed by atoms with Crippen LogP contribution in [0.2, 0.25) is 0 Å². The van der Waals surface area contributed by atoms with Crippen LogP contribution < -0.4 is 5.32 Å². The van der Waals surface area contributed by atoms with E-state index >= 15 is 0 Å². The summed E-state index contributed by atoms with van der Waals surface area (Å²) in [5.41, 5.74) is 4.05. The third-order valence-electron chi connectivity index (χ3n) is 4.52. The highest BCUT2D eigenvalue weighted by molar-refractivity contribution is 7.90. The molecule has 144 valence electrons. The summed E-state index contributed by atoms with van der Waals surface area (Å²) >= 11 is 1.23. The quantitative estimate of drug-likeness (QED) is 0.546. The Bertz CT molecular complexity index is 1340. The van der Waals surface area contributed by atoms with Crippen LogP contribution in [-0.4, -0.2) is 30.7 Å². The highest BCUT2D eigenvalue weighted by Crippen LogP contribution is 2.29. The van der Waals surface area contributed by atoms with Gasteiger partial charge in [0.2, 0.25) is 5.91 Å². The van der Waals surface area contributed by atoms with Gasteiger partial charge in [0.25, 0.3) is 0 Å². The molecule has 7 nitrogen and oxygen atoms in total. The number of carbonyl (C=O) groups excluding carboxylic acids is 1. The molecule has 0 saturated carbocycles. The van der Waals surface area contributed by atoms with E-state index in [1.54, 1.807) is 12.1 Å². The normalized spacial score (nSPS) is 12.0. The molecule has 28 heavy (non-hydrogen) atoms. The first-order valence-electron chi connectivity index (χ1n) is 8.47. The maximum absolute atomic E-state index is 12.5. The van der Waals surface area contributed by atoms with Crippen molar-refractivity contribution < 1.29 is 17.7 Å². The average Bonchev–Trinajstić information content (AvgIpc) is 3.17. The Morgan fingerprint density at radius 2 is 1.93 bits per heavy atom. The number of amides is 1. The summed E-state index contributed by atoms with van der Waals surface area (Å²) in [6, 6.07) is 8.58. The number of hydrogen-bond donors (Lipinski definition) is 1. The number of nitrogens with zero attached hydrogens (tertiary/aromatic N) is 2. The molecule has 4 aromatic rings. The van der Waals surface area contributed by atoms with Crippen molar-refractivity contribution in [1.82, 2.24) is 10.1 Å². The van der Waals surface area contributed by atoms with E-state index in [2.05, 4.69) is 15.5 Å². The number of carbonyl (C=O) groups is 1. The number of thiazole rings is 1.